The summed E-state index contributed by atoms with van der Waals surface area (Å²) in [5.41, 5.74) is 1.37. The first-order valence-corrected chi connectivity index (χ1v) is 13.2. The van der Waals surface area contributed by atoms with E-state index in [1.807, 2.05) is 0 Å². The normalized spacial score (nSPS) is 26.4. The van der Waals surface area contributed by atoms with Crippen molar-refractivity contribution in [3.8, 4) is 5.75 Å². The molecule has 7 N–H and O–H groups in total. The molecular weight excluding hydrogens is 678 g/mol. The fourth-order valence-corrected chi connectivity index (χ4v) is 6.49. The molecule has 0 heterocycles. The predicted octanol–water partition coefficient (Wildman–Crippen LogP) is 2.47. The molecule has 0 saturated heterocycles. The summed E-state index contributed by atoms with van der Waals surface area (Å²) in [7, 11) is 3.04. The lowest BCUT2D eigenvalue weighted by atomic mass is 9.57. The van der Waals surface area contributed by atoms with E-state index in [1.165, 1.54) is 31.1 Å². The van der Waals surface area contributed by atoms with Crippen LogP contribution in [0.1, 0.15) is 24.0 Å². The fourth-order valence-electron chi connectivity index (χ4n) is 5.84. The lowest BCUT2D eigenvalue weighted by Crippen LogP contribution is -2.65. The minimum absolute atomic E-state index is 0. The van der Waals surface area contributed by atoms with Gasteiger partial charge in [-0.05, 0) is 50.9 Å². The molecule has 0 aliphatic heterocycles. The lowest BCUT2D eigenvalue weighted by molar-refractivity contribution is -0.153. The number of carbonyl (C=O) groups excluding carboxylic acids is 4. The Kier molecular flexibility index (Phi) is 8.97. The van der Waals surface area contributed by atoms with E-state index in [0.717, 1.165) is 0 Å². The van der Waals surface area contributed by atoms with Gasteiger partial charge in [0.05, 0.1) is 21.5 Å². The molecule has 3 aliphatic carbocycles. The summed E-state index contributed by atoms with van der Waals surface area (Å²) in [6.45, 7) is 3.57. The van der Waals surface area contributed by atoms with Crippen LogP contribution < -0.4 is 11.1 Å². The third kappa shape index (κ3) is 4.67. The fraction of sp³-hybridized carbons (Fsp3) is 0.385. The van der Waals surface area contributed by atoms with E-state index in [-0.39, 0.29) is 58.1 Å². The molecule has 0 aromatic heterocycles. The maximum absolute atomic E-state index is 13.9. The van der Waals surface area contributed by atoms with E-state index in [9.17, 15) is 39.6 Å². The Morgan fingerprint density at radius 3 is 2.50 bits per heavy atom. The third-order valence-corrected chi connectivity index (χ3v) is 8.66. The van der Waals surface area contributed by atoms with Crippen LogP contribution in [0.4, 0.5) is 5.69 Å². The van der Waals surface area contributed by atoms with Crippen LogP contribution >= 0.6 is 44.5 Å². The number of benzene rings is 1. The molecule has 5 atom stereocenters. The molecule has 1 aromatic rings. The molecular formula is C26H28Br2ClN3O8. The number of rotatable bonds is 6. The SMILES string of the molecule is Br.C=CCC(Br)C(=O)Nc1c(Cl)cc2c(c1O)C(O)=C1C(=O)C3(O)C(O)=C(C(N)=O)C(=O)[C@@H](N(C)C)C3CC1C2. The molecule has 2 amide bonds. The van der Waals surface area contributed by atoms with Gasteiger partial charge in [0, 0.05) is 11.5 Å². The molecule has 1 saturated carbocycles. The van der Waals surface area contributed by atoms with Crippen molar-refractivity contribution in [2.24, 2.45) is 17.6 Å². The molecule has 3 aliphatic rings. The lowest BCUT2D eigenvalue weighted by Gasteiger charge is -2.50. The number of allylic oxidation sites excluding steroid dienone is 1. The van der Waals surface area contributed by atoms with Gasteiger partial charge < -0.3 is 31.5 Å². The standard InChI is InChI=1S/C26H27BrClN3O8.BrH/c1-4-5-12(27)25(38)30-17-13(28)8-10-6-9-7-11-18(31(2)3)21(34)16(24(29)37)23(36)26(11,39)22(35)15(9)19(32)14(10)20(17)33;/h4,8-9,11-12,18,32-33,36,39H,1,5-7H2,2-3H3,(H2,29,37)(H,30,38);1H/t9?,11?,12?,18-,26?;/m0./s1. The molecule has 0 spiro atoms. The number of phenols is 1. The smallest absolute Gasteiger partial charge is 0.255 e. The van der Waals surface area contributed by atoms with Crippen molar-refractivity contribution in [1.29, 1.82) is 0 Å². The van der Waals surface area contributed by atoms with E-state index in [4.69, 9.17) is 17.3 Å². The maximum atomic E-state index is 13.9. The number of aromatic hydroxyl groups is 1. The number of alkyl halides is 1. The zero-order valence-electron chi connectivity index (χ0n) is 21.4. The summed E-state index contributed by atoms with van der Waals surface area (Å²) in [6, 6.07) is 0.268. The number of amides is 2. The number of ketones is 2. The number of fused-ring (bicyclic) bond motifs is 3. The zero-order valence-corrected chi connectivity index (χ0v) is 25.5. The van der Waals surface area contributed by atoms with Gasteiger partial charge in [-0.3, -0.25) is 24.1 Å². The van der Waals surface area contributed by atoms with Crippen molar-refractivity contribution < 1.29 is 39.6 Å². The second kappa shape index (κ2) is 11.3. The van der Waals surface area contributed by atoms with Gasteiger partial charge in [0.1, 0.15) is 22.8 Å². The van der Waals surface area contributed by atoms with Crippen molar-refractivity contribution in [2.45, 2.75) is 35.7 Å². The average Bonchev–Trinajstić information content (AvgIpc) is 2.83. The van der Waals surface area contributed by atoms with Crippen molar-refractivity contribution in [1.82, 2.24) is 4.90 Å². The van der Waals surface area contributed by atoms with E-state index >= 15 is 0 Å². The van der Waals surface area contributed by atoms with Crippen LogP contribution in [0.5, 0.6) is 5.75 Å². The van der Waals surface area contributed by atoms with Crippen molar-refractivity contribution in [3.63, 3.8) is 0 Å². The van der Waals surface area contributed by atoms with Gasteiger partial charge >= 0.3 is 0 Å². The minimum Gasteiger partial charge on any atom is -0.508 e. The number of anilines is 1. The van der Waals surface area contributed by atoms with Gasteiger partial charge in [-0.15, -0.1) is 23.6 Å². The minimum atomic E-state index is -2.74. The number of phenolic OH excluding ortho intramolecular Hbond substituents is 1. The molecule has 4 rings (SSSR count). The Bertz CT molecular complexity index is 1410. The predicted molar refractivity (Wildman–Crippen MR) is 156 cm³/mol. The Morgan fingerprint density at radius 1 is 1.32 bits per heavy atom. The van der Waals surface area contributed by atoms with Crippen LogP contribution in [0, 0.1) is 11.8 Å². The van der Waals surface area contributed by atoms with Crippen LogP contribution in [-0.4, -0.2) is 79.3 Å². The summed E-state index contributed by atoms with van der Waals surface area (Å²) in [5.74, 6) is -8.19. The number of aliphatic hydroxyl groups is 3. The maximum Gasteiger partial charge on any atom is 0.255 e. The highest BCUT2D eigenvalue weighted by atomic mass is 79.9. The summed E-state index contributed by atoms with van der Waals surface area (Å²) >= 11 is 9.58. The second-order valence-corrected chi connectivity index (χ2v) is 11.6. The average molecular weight is 706 g/mol. The molecule has 11 nitrogen and oxygen atoms in total. The molecule has 14 heteroatoms. The number of primary amides is 1. The van der Waals surface area contributed by atoms with Gasteiger partial charge in [-0.2, -0.15) is 0 Å². The van der Waals surface area contributed by atoms with E-state index in [2.05, 4.69) is 27.8 Å². The first-order chi connectivity index (χ1) is 18.2. The Labute approximate surface area is 253 Å². The molecule has 0 radical (unpaired) electrons. The summed E-state index contributed by atoms with van der Waals surface area (Å²) in [4.78, 5) is 52.3. The van der Waals surface area contributed by atoms with E-state index < -0.39 is 74.5 Å². The molecule has 40 heavy (non-hydrogen) atoms. The molecule has 1 fully saturated rings. The number of aliphatic hydroxyl groups excluding tert-OH is 2. The first kappa shape index (κ1) is 31.8. The van der Waals surface area contributed by atoms with E-state index in [0.29, 0.717) is 5.56 Å². The highest BCUT2D eigenvalue weighted by molar-refractivity contribution is 9.10. The summed E-state index contributed by atoms with van der Waals surface area (Å²) in [6.07, 6.45) is 1.83. The Hall–Kier alpha value is -2.71. The van der Waals surface area contributed by atoms with Gasteiger partial charge in [-0.25, -0.2) is 0 Å². The van der Waals surface area contributed by atoms with Crippen molar-refractivity contribution in [3.05, 3.63) is 51.8 Å². The molecule has 4 unspecified atom stereocenters. The number of likely N-dealkylation sites (N-methyl/N-ethyl adjacent to an activating group) is 1. The number of carbonyl (C=O) groups is 4. The van der Waals surface area contributed by atoms with Crippen LogP contribution in [-0.2, 0) is 25.6 Å². The van der Waals surface area contributed by atoms with Gasteiger partial charge in [0.15, 0.2) is 17.1 Å². The Morgan fingerprint density at radius 2 is 1.95 bits per heavy atom. The first-order valence-electron chi connectivity index (χ1n) is 11.9. The number of Topliss-reactive ketones (excluding diaryl/α,β-unsaturated/α-hetero) is 2. The highest BCUT2D eigenvalue weighted by Gasteiger charge is 2.64. The number of hydrogen-bond acceptors (Lipinski definition) is 9. The van der Waals surface area contributed by atoms with Gasteiger partial charge in [0.25, 0.3) is 5.91 Å². The second-order valence-electron chi connectivity index (χ2n) is 10.1. The summed E-state index contributed by atoms with van der Waals surface area (Å²) in [5, 5.41) is 47.3. The quantitative estimate of drug-likeness (QED) is 0.112. The zero-order chi connectivity index (χ0) is 29.1. The molecule has 216 valence electrons. The number of hydrogen-bond donors (Lipinski definition) is 6. The monoisotopic (exact) mass is 703 g/mol. The molecule has 0 bridgehead atoms. The van der Waals surface area contributed by atoms with Crippen LogP contribution in [0.2, 0.25) is 5.02 Å². The number of halogens is 3. The van der Waals surface area contributed by atoms with Crippen molar-refractivity contribution >= 4 is 79.3 Å². The molecule has 1 aromatic carbocycles. The van der Waals surface area contributed by atoms with Crippen molar-refractivity contribution in [2.75, 3.05) is 19.4 Å². The van der Waals surface area contributed by atoms with Gasteiger partial charge in [-0.1, -0.05) is 33.6 Å². The Balaban J connectivity index is 0.00000441. The number of nitrogens with one attached hydrogen (secondary N) is 1. The third-order valence-electron chi connectivity index (χ3n) is 7.57. The number of nitrogens with zero attached hydrogens (tertiary/aromatic N) is 1. The topological polar surface area (TPSA) is 190 Å². The van der Waals surface area contributed by atoms with Crippen LogP contribution in [0.3, 0.4) is 0 Å². The van der Waals surface area contributed by atoms with Crippen LogP contribution in [0.25, 0.3) is 5.76 Å². The largest absolute Gasteiger partial charge is 0.508 e. The summed E-state index contributed by atoms with van der Waals surface area (Å²) < 4.78 is 0. The van der Waals surface area contributed by atoms with Crippen LogP contribution in [0.15, 0.2) is 35.6 Å². The van der Waals surface area contributed by atoms with Gasteiger partial charge in [0.2, 0.25) is 11.7 Å². The van der Waals surface area contributed by atoms with E-state index in [1.54, 1.807) is 0 Å². The number of nitrogens with two attached hydrogens (primary N) is 1. The highest BCUT2D eigenvalue weighted by Crippen LogP contribution is 2.54.